The largest absolute Gasteiger partial charge is 0.354 e. The van der Waals surface area contributed by atoms with Gasteiger partial charge in [-0.15, -0.1) is 0 Å². The minimum absolute atomic E-state index is 0.107. The molecule has 0 saturated heterocycles. The summed E-state index contributed by atoms with van der Waals surface area (Å²) in [6, 6.07) is 5.62. The van der Waals surface area contributed by atoms with Crippen molar-refractivity contribution in [3.63, 3.8) is 0 Å². The van der Waals surface area contributed by atoms with E-state index in [1.807, 2.05) is 13.8 Å². The van der Waals surface area contributed by atoms with Gasteiger partial charge >= 0.3 is 0 Å². The molecule has 4 N–H and O–H groups in total. The number of carbonyl (C=O) groups is 1. The Labute approximate surface area is 126 Å². The summed E-state index contributed by atoms with van der Waals surface area (Å²) >= 11 is 0. The van der Waals surface area contributed by atoms with E-state index in [2.05, 4.69) is 10.0 Å². The van der Waals surface area contributed by atoms with Crippen LogP contribution in [0.2, 0.25) is 0 Å². The monoisotopic (exact) mass is 313 g/mol. The average Bonchev–Trinajstić information content (AvgIpc) is 2.44. The molecule has 0 radical (unpaired) electrons. The fraction of sp³-hybridized carbons (Fsp3) is 0.500. The zero-order chi connectivity index (χ0) is 16.0. The van der Waals surface area contributed by atoms with E-state index in [1.54, 1.807) is 18.2 Å². The summed E-state index contributed by atoms with van der Waals surface area (Å²) in [5.41, 5.74) is 6.06. The van der Waals surface area contributed by atoms with Crippen LogP contribution in [0, 0.1) is 5.92 Å². The first kappa shape index (κ1) is 17.6. The Morgan fingerprint density at radius 1 is 1.24 bits per heavy atom. The maximum absolute atomic E-state index is 12.3. The van der Waals surface area contributed by atoms with E-state index in [1.165, 1.54) is 13.0 Å². The molecule has 1 aromatic carbocycles. The van der Waals surface area contributed by atoms with Crippen LogP contribution in [0.25, 0.3) is 0 Å². The van der Waals surface area contributed by atoms with Gasteiger partial charge in [0.05, 0.1) is 10.9 Å². The van der Waals surface area contributed by atoms with Crippen LogP contribution in [-0.2, 0) is 21.4 Å². The van der Waals surface area contributed by atoms with Crippen molar-refractivity contribution in [3.05, 3.63) is 29.8 Å². The molecule has 1 atom stereocenters. The second-order valence-corrected chi connectivity index (χ2v) is 6.98. The van der Waals surface area contributed by atoms with Gasteiger partial charge in [0, 0.05) is 13.1 Å². The highest BCUT2D eigenvalue weighted by molar-refractivity contribution is 7.89. The molecular formula is C14H23N3O3S. The number of nitrogens with one attached hydrogen (secondary N) is 2. The minimum Gasteiger partial charge on any atom is -0.354 e. The highest BCUT2D eigenvalue weighted by atomic mass is 32.2. The second-order valence-electron chi connectivity index (χ2n) is 5.29. The highest BCUT2D eigenvalue weighted by Crippen LogP contribution is 2.15. The quantitative estimate of drug-likeness (QED) is 0.685. The molecule has 0 bridgehead atoms. The summed E-state index contributed by atoms with van der Waals surface area (Å²) in [6.45, 7) is 6.06. The molecule has 0 saturated carbocycles. The van der Waals surface area contributed by atoms with Gasteiger partial charge in [-0.2, -0.15) is 4.72 Å². The lowest BCUT2D eigenvalue weighted by molar-refractivity contribution is -0.122. The molecule has 0 aromatic heterocycles. The Bertz CT molecular complexity index is 585. The lowest BCUT2D eigenvalue weighted by Gasteiger charge is -2.16. The number of nitrogens with two attached hydrogens (primary N) is 1. The van der Waals surface area contributed by atoms with Gasteiger partial charge in [-0.05, 0) is 24.5 Å². The standard InChI is InChI=1S/C14H23N3O3S/c1-10(2)9-16-14(18)11(3)17-21(19,20)13-7-5-4-6-12(13)8-15/h4-7,10-11,17H,8-9,15H2,1-3H3,(H,16,18). The Kier molecular flexibility index (Phi) is 6.32. The Morgan fingerprint density at radius 3 is 2.43 bits per heavy atom. The summed E-state index contributed by atoms with van der Waals surface area (Å²) in [5, 5.41) is 2.69. The van der Waals surface area contributed by atoms with Crippen LogP contribution in [0.4, 0.5) is 0 Å². The van der Waals surface area contributed by atoms with Crippen molar-refractivity contribution < 1.29 is 13.2 Å². The average molecular weight is 313 g/mol. The maximum atomic E-state index is 12.3. The van der Waals surface area contributed by atoms with Crippen molar-refractivity contribution >= 4 is 15.9 Å². The number of hydrogen-bond acceptors (Lipinski definition) is 4. The third-order valence-electron chi connectivity index (χ3n) is 2.89. The first-order chi connectivity index (χ1) is 9.77. The SMILES string of the molecule is CC(C)CNC(=O)C(C)NS(=O)(=O)c1ccccc1CN. The number of rotatable bonds is 7. The first-order valence-corrected chi connectivity index (χ1v) is 8.34. The van der Waals surface area contributed by atoms with Crippen LogP contribution >= 0.6 is 0 Å². The Balaban J connectivity index is 2.83. The van der Waals surface area contributed by atoms with E-state index in [0.717, 1.165) is 0 Å². The molecule has 0 spiro atoms. The molecule has 0 aliphatic carbocycles. The second kappa shape index (κ2) is 7.53. The molecule has 1 aromatic rings. The summed E-state index contributed by atoms with van der Waals surface area (Å²) in [5.74, 6) is -0.0479. The van der Waals surface area contributed by atoms with Crippen molar-refractivity contribution in [2.75, 3.05) is 6.54 Å². The Hall–Kier alpha value is -1.44. The zero-order valence-corrected chi connectivity index (χ0v) is 13.4. The normalized spacial score (nSPS) is 13.2. The van der Waals surface area contributed by atoms with Crippen molar-refractivity contribution in [1.29, 1.82) is 0 Å². The van der Waals surface area contributed by atoms with Gasteiger partial charge in [-0.1, -0.05) is 32.0 Å². The topological polar surface area (TPSA) is 101 Å². The van der Waals surface area contributed by atoms with Crippen LogP contribution in [-0.4, -0.2) is 26.9 Å². The van der Waals surface area contributed by atoms with Crippen molar-refractivity contribution in [1.82, 2.24) is 10.0 Å². The van der Waals surface area contributed by atoms with Crippen LogP contribution < -0.4 is 15.8 Å². The molecule has 21 heavy (non-hydrogen) atoms. The number of hydrogen-bond donors (Lipinski definition) is 3. The van der Waals surface area contributed by atoms with E-state index in [4.69, 9.17) is 5.73 Å². The smallest absolute Gasteiger partial charge is 0.241 e. The third kappa shape index (κ3) is 5.11. The van der Waals surface area contributed by atoms with E-state index in [0.29, 0.717) is 18.0 Å². The van der Waals surface area contributed by atoms with E-state index < -0.39 is 16.1 Å². The molecule has 0 aliphatic rings. The fourth-order valence-corrected chi connectivity index (χ4v) is 3.20. The molecule has 0 heterocycles. The minimum atomic E-state index is -3.78. The predicted octanol–water partition coefficient (Wildman–Crippen LogP) is 0.584. The summed E-state index contributed by atoms with van der Waals surface area (Å²) in [7, 11) is -3.78. The van der Waals surface area contributed by atoms with Crippen LogP contribution in [0.3, 0.4) is 0 Å². The maximum Gasteiger partial charge on any atom is 0.241 e. The number of carbonyl (C=O) groups excluding carboxylic acids is 1. The summed E-state index contributed by atoms with van der Waals surface area (Å²) in [6.07, 6.45) is 0. The van der Waals surface area contributed by atoms with Gasteiger partial charge < -0.3 is 11.1 Å². The fourth-order valence-electron chi connectivity index (χ4n) is 1.74. The van der Waals surface area contributed by atoms with Crippen molar-refractivity contribution in [2.45, 2.75) is 38.3 Å². The number of sulfonamides is 1. The van der Waals surface area contributed by atoms with Crippen LogP contribution in [0.5, 0.6) is 0 Å². The van der Waals surface area contributed by atoms with Gasteiger partial charge in [0.1, 0.15) is 0 Å². The first-order valence-electron chi connectivity index (χ1n) is 6.86. The lowest BCUT2D eigenvalue weighted by atomic mass is 10.2. The van der Waals surface area contributed by atoms with Gasteiger partial charge in [0.15, 0.2) is 0 Å². The highest BCUT2D eigenvalue weighted by Gasteiger charge is 2.23. The lowest BCUT2D eigenvalue weighted by Crippen LogP contribution is -2.45. The van der Waals surface area contributed by atoms with Gasteiger partial charge in [-0.3, -0.25) is 4.79 Å². The van der Waals surface area contributed by atoms with Crippen molar-refractivity contribution in [3.8, 4) is 0 Å². The number of benzene rings is 1. The Morgan fingerprint density at radius 2 is 1.86 bits per heavy atom. The van der Waals surface area contributed by atoms with E-state index in [9.17, 15) is 13.2 Å². The molecule has 118 valence electrons. The molecule has 1 amide bonds. The van der Waals surface area contributed by atoms with E-state index in [-0.39, 0.29) is 17.3 Å². The molecular weight excluding hydrogens is 290 g/mol. The molecule has 1 unspecified atom stereocenters. The number of amides is 1. The predicted molar refractivity (Wildman–Crippen MR) is 82.0 cm³/mol. The van der Waals surface area contributed by atoms with Gasteiger partial charge in [0.2, 0.25) is 15.9 Å². The van der Waals surface area contributed by atoms with Crippen LogP contribution in [0.1, 0.15) is 26.3 Å². The zero-order valence-electron chi connectivity index (χ0n) is 12.6. The van der Waals surface area contributed by atoms with Gasteiger partial charge in [-0.25, -0.2) is 8.42 Å². The summed E-state index contributed by atoms with van der Waals surface area (Å²) < 4.78 is 27.0. The van der Waals surface area contributed by atoms with Crippen molar-refractivity contribution in [2.24, 2.45) is 11.7 Å². The molecule has 1 rings (SSSR count). The third-order valence-corrected chi connectivity index (χ3v) is 4.53. The molecule has 6 nitrogen and oxygen atoms in total. The summed E-state index contributed by atoms with van der Waals surface area (Å²) in [4.78, 5) is 12.0. The van der Waals surface area contributed by atoms with E-state index >= 15 is 0 Å². The molecule has 7 heteroatoms. The van der Waals surface area contributed by atoms with Gasteiger partial charge in [0.25, 0.3) is 0 Å². The molecule has 0 aliphatic heterocycles. The molecule has 0 fully saturated rings. The van der Waals surface area contributed by atoms with Crippen LogP contribution in [0.15, 0.2) is 29.2 Å².